The average Bonchev–Trinajstić information content (AvgIpc) is 2.45. The maximum absolute atomic E-state index is 2.47. The lowest BCUT2D eigenvalue weighted by atomic mass is 10.1. The van der Waals surface area contributed by atoms with Crippen molar-refractivity contribution in [2.24, 2.45) is 0 Å². The number of benzene rings is 2. The van der Waals surface area contributed by atoms with Gasteiger partial charge in [-0.05, 0) is 22.4 Å². The van der Waals surface area contributed by atoms with E-state index in [-0.39, 0.29) is 0 Å². The molecule has 0 spiro atoms. The smallest absolute Gasteiger partial charge is 0.0652 e. The number of rotatable bonds is 3. The van der Waals surface area contributed by atoms with Gasteiger partial charge in [0.05, 0.1) is 8.07 Å². The molecule has 1 aliphatic rings. The normalized spacial score (nSPS) is 17.3. The van der Waals surface area contributed by atoms with E-state index in [1.54, 1.807) is 5.20 Å². The Kier molecular flexibility index (Phi) is 3.45. The number of hydrogen-bond donors (Lipinski definition) is 0. The van der Waals surface area contributed by atoms with Crippen LogP contribution < -0.4 is 0 Å². The molecule has 0 aliphatic carbocycles. The van der Waals surface area contributed by atoms with Gasteiger partial charge in [0.25, 0.3) is 0 Å². The van der Waals surface area contributed by atoms with Crippen LogP contribution in [0.4, 0.5) is 0 Å². The van der Waals surface area contributed by atoms with Crippen LogP contribution >= 0.6 is 0 Å². The number of hydrogen-bond acceptors (Lipinski definition) is 0. The predicted octanol–water partition coefficient (Wildman–Crippen LogP) is 5.41. The molecule has 0 saturated heterocycles. The van der Waals surface area contributed by atoms with Gasteiger partial charge in [-0.3, -0.25) is 0 Å². The summed E-state index contributed by atoms with van der Waals surface area (Å²) < 4.78 is 0. The first-order valence-electron chi connectivity index (χ1n) is 7.19. The quantitative estimate of drug-likeness (QED) is 0.657. The molecule has 20 heavy (non-hydrogen) atoms. The van der Waals surface area contributed by atoms with E-state index in [1.165, 1.54) is 22.7 Å². The Morgan fingerprint density at radius 2 is 1.40 bits per heavy atom. The van der Waals surface area contributed by atoms with E-state index < -0.39 is 8.07 Å². The van der Waals surface area contributed by atoms with E-state index in [0.29, 0.717) is 0 Å². The minimum Gasteiger partial charge on any atom is -0.0652 e. The van der Waals surface area contributed by atoms with Crippen LogP contribution in [0.15, 0.2) is 72.3 Å². The summed E-state index contributed by atoms with van der Waals surface area (Å²) in [6.45, 7) is 4.93. The second-order valence-corrected chi connectivity index (χ2v) is 10.7. The molecule has 1 heteroatoms. The van der Waals surface area contributed by atoms with Gasteiger partial charge >= 0.3 is 0 Å². The molecule has 0 bridgehead atoms. The first-order valence-corrected chi connectivity index (χ1v) is 10.4. The molecular formula is C19H20Si. The molecule has 0 aromatic heterocycles. The van der Waals surface area contributed by atoms with Gasteiger partial charge < -0.3 is 0 Å². The molecular weight excluding hydrogens is 256 g/mol. The van der Waals surface area contributed by atoms with Crippen molar-refractivity contribution in [3.63, 3.8) is 0 Å². The Morgan fingerprint density at radius 3 is 2.00 bits per heavy atom. The summed E-state index contributed by atoms with van der Waals surface area (Å²) >= 11 is 0. The summed E-state index contributed by atoms with van der Waals surface area (Å²) in [6.07, 6.45) is 4.55. The van der Waals surface area contributed by atoms with E-state index in [0.717, 1.165) is 0 Å². The van der Waals surface area contributed by atoms with Gasteiger partial charge in [0.2, 0.25) is 0 Å². The maximum Gasteiger partial charge on any atom is 0.0860 e. The van der Waals surface area contributed by atoms with Crippen LogP contribution in [0.25, 0.3) is 11.3 Å². The van der Waals surface area contributed by atoms with Crippen molar-refractivity contribution in [1.82, 2.24) is 0 Å². The molecule has 0 atom stereocenters. The highest BCUT2D eigenvalue weighted by atomic mass is 28.3. The molecule has 2 aromatic rings. The highest BCUT2D eigenvalue weighted by molar-refractivity contribution is 6.99. The zero-order chi connectivity index (χ0) is 14.0. The largest absolute Gasteiger partial charge is 0.0860 e. The molecule has 0 saturated carbocycles. The molecule has 0 N–H and O–H groups in total. The lowest BCUT2D eigenvalue weighted by Gasteiger charge is -2.38. The summed E-state index contributed by atoms with van der Waals surface area (Å²) in [6, 6.07) is 22.7. The van der Waals surface area contributed by atoms with Crippen LogP contribution in [-0.4, -0.2) is 8.07 Å². The van der Waals surface area contributed by atoms with Gasteiger partial charge in [-0.15, -0.1) is 0 Å². The van der Waals surface area contributed by atoms with Gasteiger partial charge in [0, 0.05) is 0 Å². The summed E-state index contributed by atoms with van der Waals surface area (Å²) in [7, 11) is -1.19. The van der Waals surface area contributed by atoms with Crippen LogP contribution in [0.5, 0.6) is 0 Å². The highest BCUT2D eigenvalue weighted by Crippen LogP contribution is 2.45. The molecule has 1 aliphatic heterocycles. The third-order valence-electron chi connectivity index (χ3n) is 3.97. The zero-order valence-corrected chi connectivity index (χ0v) is 13.1. The summed E-state index contributed by atoms with van der Waals surface area (Å²) in [5.74, 6) is 0. The zero-order valence-electron chi connectivity index (χ0n) is 12.1. The Balaban J connectivity index is 1.94. The van der Waals surface area contributed by atoms with E-state index in [4.69, 9.17) is 0 Å². The molecule has 0 fully saturated rings. The van der Waals surface area contributed by atoms with Gasteiger partial charge in [-0.25, -0.2) is 0 Å². The van der Waals surface area contributed by atoms with E-state index in [1.807, 2.05) is 0 Å². The predicted molar refractivity (Wildman–Crippen MR) is 91.1 cm³/mol. The number of allylic oxidation sites excluding steroid dienone is 2. The fraction of sp³-hybridized carbons (Fsp3) is 0.158. The standard InChI is InChI=1S/C19H20Si/c1-20(2)15-18(14-13-16-9-5-3-6-10-16)19(20)17-11-7-4-8-12-17/h3-14H,15H2,1-2H3/b14-13+. The molecule has 2 aromatic carbocycles. The minimum absolute atomic E-state index is 1.19. The first kappa shape index (κ1) is 13.1. The molecule has 0 radical (unpaired) electrons. The molecule has 100 valence electrons. The van der Waals surface area contributed by atoms with E-state index in [2.05, 4.69) is 85.9 Å². The van der Waals surface area contributed by atoms with Crippen molar-refractivity contribution in [2.75, 3.05) is 0 Å². The third kappa shape index (κ3) is 2.54. The Morgan fingerprint density at radius 1 is 0.800 bits per heavy atom. The first-order chi connectivity index (χ1) is 9.67. The Labute approximate surface area is 122 Å². The SMILES string of the molecule is C[Si]1(C)CC(/C=C/c2ccccc2)=C1c1ccccc1. The van der Waals surface area contributed by atoms with Crippen molar-refractivity contribution in [3.05, 3.63) is 83.4 Å². The fourth-order valence-electron chi connectivity index (χ4n) is 3.07. The monoisotopic (exact) mass is 276 g/mol. The van der Waals surface area contributed by atoms with E-state index in [9.17, 15) is 0 Å². The summed E-state index contributed by atoms with van der Waals surface area (Å²) in [5.41, 5.74) is 4.22. The van der Waals surface area contributed by atoms with Crippen LogP contribution in [0, 0.1) is 0 Å². The fourth-order valence-corrected chi connectivity index (χ4v) is 6.18. The molecule has 1 heterocycles. The van der Waals surface area contributed by atoms with Crippen LogP contribution in [0.2, 0.25) is 19.1 Å². The van der Waals surface area contributed by atoms with Crippen LogP contribution in [0.1, 0.15) is 11.1 Å². The van der Waals surface area contributed by atoms with Gasteiger partial charge in [0.1, 0.15) is 0 Å². The maximum atomic E-state index is 2.47. The average molecular weight is 276 g/mol. The molecule has 0 amide bonds. The second kappa shape index (κ2) is 5.26. The summed E-state index contributed by atoms with van der Waals surface area (Å²) in [4.78, 5) is 0. The summed E-state index contributed by atoms with van der Waals surface area (Å²) in [5, 5.41) is 1.63. The highest BCUT2D eigenvalue weighted by Gasteiger charge is 2.38. The molecule has 3 rings (SSSR count). The van der Waals surface area contributed by atoms with Crippen molar-refractivity contribution >= 4 is 19.3 Å². The van der Waals surface area contributed by atoms with Crippen molar-refractivity contribution in [3.8, 4) is 0 Å². The lowest BCUT2D eigenvalue weighted by molar-refractivity contribution is 1.35. The van der Waals surface area contributed by atoms with Crippen LogP contribution in [0.3, 0.4) is 0 Å². The third-order valence-corrected chi connectivity index (χ3v) is 7.20. The molecule has 0 unspecified atom stereocenters. The lowest BCUT2D eigenvalue weighted by Crippen LogP contribution is -2.37. The van der Waals surface area contributed by atoms with Crippen molar-refractivity contribution in [2.45, 2.75) is 19.1 Å². The van der Waals surface area contributed by atoms with Gasteiger partial charge in [0.15, 0.2) is 0 Å². The van der Waals surface area contributed by atoms with E-state index >= 15 is 0 Å². The Hall–Kier alpha value is -1.86. The topological polar surface area (TPSA) is 0 Å². The second-order valence-electron chi connectivity index (χ2n) is 6.07. The van der Waals surface area contributed by atoms with Crippen molar-refractivity contribution in [1.29, 1.82) is 0 Å². The van der Waals surface area contributed by atoms with Gasteiger partial charge in [-0.2, -0.15) is 0 Å². The molecule has 0 nitrogen and oxygen atoms in total. The van der Waals surface area contributed by atoms with Crippen molar-refractivity contribution < 1.29 is 0 Å². The van der Waals surface area contributed by atoms with Crippen LogP contribution in [-0.2, 0) is 0 Å². The van der Waals surface area contributed by atoms with Gasteiger partial charge in [-0.1, -0.05) is 91.5 Å². The minimum atomic E-state index is -1.19. The Bertz CT molecular complexity index is 649.